The van der Waals surface area contributed by atoms with E-state index in [1.807, 2.05) is 32.0 Å². The maximum absolute atomic E-state index is 14.1. The molecule has 4 rings (SSSR count). The summed E-state index contributed by atoms with van der Waals surface area (Å²) in [6, 6.07) is 19.1. The lowest BCUT2D eigenvalue weighted by molar-refractivity contribution is -0.143. The van der Waals surface area contributed by atoms with E-state index >= 15 is 0 Å². The first-order chi connectivity index (χ1) is 22.3. The van der Waals surface area contributed by atoms with Crippen molar-refractivity contribution >= 4 is 18.0 Å². The molecule has 0 saturated carbocycles. The average molecular weight is 653 g/mol. The highest BCUT2D eigenvalue weighted by Gasteiger charge is 2.31. The minimum absolute atomic E-state index is 0.171. The van der Waals surface area contributed by atoms with Crippen LogP contribution >= 0.6 is 0 Å². The number of esters is 1. The standard InChI is InChI=1S/C36H36F4N2O5/c1-22(2)42-30(17-16-28(43)19-29(44)20-31(45)47-3)32(25-12-14-27(37)15-13-25)33(24-9-5-4-6-10-24)34(42)35(46)41-21-23-8-7-11-26(18-23)36(38,39)40/h4-18,22,28-29,43-44H,19-21H2,1-3H3,(H,41,46)/t28-,29-/m1/s1. The number of rotatable bonds is 12. The van der Waals surface area contributed by atoms with Crippen LogP contribution in [0.5, 0.6) is 0 Å². The Morgan fingerprint density at radius 1 is 0.936 bits per heavy atom. The van der Waals surface area contributed by atoms with E-state index < -0.39 is 41.6 Å². The molecule has 1 aromatic heterocycles. The summed E-state index contributed by atoms with van der Waals surface area (Å²) in [6.07, 6.45) is -4.35. The molecule has 248 valence electrons. The summed E-state index contributed by atoms with van der Waals surface area (Å²) in [5.41, 5.74) is 2.37. The molecule has 0 fully saturated rings. The monoisotopic (exact) mass is 652 g/mol. The first-order valence-electron chi connectivity index (χ1n) is 14.9. The summed E-state index contributed by atoms with van der Waals surface area (Å²) in [6.45, 7) is 3.51. The number of hydrogen-bond acceptors (Lipinski definition) is 5. The van der Waals surface area contributed by atoms with E-state index in [1.165, 1.54) is 37.5 Å². The Kier molecular flexibility index (Phi) is 11.4. The second-order valence-corrected chi connectivity index (χ2v) is 11.3. The van der Waals surface area contributed by atoms with Gasteiger partial charge in [0, 0.05) is 35.8 Å². The van der Waals surface area contributed by atoms with Gasteiger partial charge in [-0.05, 0) is 60.9 Å². The van der Waals surface area contributed by atoms with Gasteiger partial charge < -0.3 is 24.8 Å². The highest BCUT2D eigenvalue weighted by Crippen LogP contribution is 2.42. The van der Waals surface area contributed by atoms with Crippen molar-refractivity contribution in [1.82, 2.24) is 9.88 Å². The van der Waals surface area contributed by atoms with Crippen molar-refractivity contribution in [1.29, 1.82) is 0 Å². The van der Waals surface area contributed by atoms with Crippen LogP contribution in [0.25, 0.3) is 28.3 Å². The lowest BCUT2D eigenvalue weighted by Gasteiger charge is -2.17. The normalized spacial score (nSPS) is 13.1. The van der Waals surface area contributed by atoms with Crippen molar-refractivity contribution in [3.05, 3.63) is 113 Å². The number of aliphatic hydroxyl groups is 2. The number of methoxy groups -OCH3 is 1. The molecule has 4 aromatic rings. The number of aromatic nitrogens is 1. The third kappa shape index (κ3) is 8.75. The number of carbonyl (C=O) groups excluding carboxylic acids is 2. The summed E-state index contributed by atoms with van der Waals surface area (Å²) in [4.78, 5) is 25.7. The van der Waals surface area contributed by atoms with Gasteiger partial charge in [-0.15, -0.1) is 0 Å². The third-order valence-electron chi connectivity index (χ3n) is 7.50. The van der Waals surface area contributed by atoms with Crippen molar-refractivity contribution in [2.75, 3.05) is 7.11 Å². The molecule has 0 radical (unpaired) electrons. The van der Waals surface area contributed by atoms with Crippen molar-refractivity contribution in [2.45, 2.75) is 57.7 Å². The fourth-order valence-electron chi connectivity index (χ4n) is 5.37. The largest absolute Gasteiger partial charge is 0.469 e. The molecule has 47 heavy (non-hydrogen) atoms. The molecule has 7 nitrogen and oxygen atoms in total. The maximum Gasteiger partial charge on any atom is 0.416 e. The number of carbonyl (C=O) groups is 2. The van der Waals surface area contributed by atoms with E-state index in [9.17, 15) is 37.4 Å². The number of amides is 1. The number of nitrogens with zero attached hydrogens (tertiary/aromatic N) is 1. The fourth-order valence-corrected chi connectivity index (χ4v) is 5.37. The molecule has 0 saturated heterocycles. The molecule has 0 bridgehead atoms. The van der Waals surface area contributed by atoms with Gasteiger partial charge in [0.2, 0.25) is 0 Å². The van der Waals surface area contributed by atoms with Crippen LogP contribution in [0.1, 0.15) is 60.0 Å². The Labute approximate surface area is 270 Å². The molecule has 1 heterocycles. The quantitative estimate of drug-likeness (QED) is 0.111. The van der Waals surface area contributed by atoms with Crippen molar-refractivity contribution < 1.29 is 42.1 Å². The van der Waals surface area contributed by atoms with Gasteiger partial charge in [0.25, 0.3) is 5.91 Å². The van der Waals surface area contributed by atoms with E-state index in [4.69, 9.17) is 0 Å². The van der Waals surface area contributed by atoms with Crippen LogP contribution in [0.3, 0.4) is 0 Å². The van der Waals surface area contributed by atoms with E-state index in [-0.39, 0.29) is 36.7 Å². The van der Waals surface area contributed by atoms with Crippen molar-refractivity contribution in [3.63, 3.8) is 0 Å². The first kappa shape index (κ1) is 35.1. The van der Waals surface area contributed by atoms with Gasteiger partial charge in [-0.2, -0.15) is 13.2 Å². The van der Waals surface area contributed by atoms with E-state index in [1.54, 1.807) is 34.9 Å². The zero-order valence-electron chi connectivity index (χ0n) is 26.1. The zero-order valence-corrected chi connectivity index (χ0v) is 26.1. The number of nitrogens with one attached hydrogen (secondary N) is 1. The molecular formula is C36H36F4N2O5. The third-order valence-corrected chi connectivity index (χ3v) is 7.50. The number of aliphatic hydroxyl groups excluding tert-OH is 2. The molecule has 3 N–H and O–H groups in total. The van der Waals surface area contributed by atoms with Gasteiger partial charge in [-0.1, -0.05) is 60.7 Å². The van der Waals surface area contributed by atoms with Crippen molar-refractivity contribution in [3.8, 4) is 22.3 Å². The highest BCUT2D eigenvalue weighted by atomic mass is 19.4. The van der Waals surface area contributed by atoms with E-state index in [0.717, 1.165) is 12.1 Å². The minimum Gasteiger partial charge on any atom is -0.469 e. The van der Waals surface area contributed by atoms with Gasteiger partial charge in [0.1, 0.15) is 11.5 Å². The molecule has 1 amide bonds. The predicted molar refractivity (Wildman–Crippen MR) is 171 cm³/mol. The summed E-state index contributed by atoms with van der Waals surface area (Å²) >= 11 is 0. The Hall–Kier alpha value is -4.74. The molecular weight excluding hydrogens is 616 g/mol. The number of benzene rings is 3. The van der Waals surface area contributed by atoms with Crippen LogP contribution < -0.4 is 5.32 Å². The second-order valence-electron chi connectivity index (χ2n) is 11.3. The number of ether oxygens (including phenoxy) is 1. The van der Waals surface area contributed by atoms with Gasteiger partial charge in [-0.3, -0.25) is 9.59 Å². The molecule has 0 aliphatic carbocycles. The molecule has 0 aliphatic rings. The Morgan fingerprint density at radius 2 is 1.60 bits per heavy atom. The topological polar surface area (TPSA) is 101 Å². The lowest BCUT2D eigenvalue weighted by atomic mass is 9.94. The molecule has 0 unspecified atom stereocenters. The smallest absolute Gasteiger partial charge is 0.416 e. The van der Waals surface area contributed by atoms with Gasteiger partial charge in [-0.25, -0.2) is 4.39 Å². The molecule has 2 atom stereocenters. The van der Waals surface area contributed by atoms with Crippen LogP contribution in [-0.4, -0.2) is 46.0 Å². The van der Waals surface area contributed by atoms with Crippen LogP contribution in [-0.2, 0) is 22.3 Å². The molecule has 0 spiro atoms. The molecule has 0 aliphatic heterocycles. The first-order valence-corrected chi connectivity index (χ1v) is 14.9. The molecule has 3 aromatic carbocycles. The fraction of sp³-hybridized carbons (Fsp3) is 0.278. The van der Waals surface area contributed by atoms with E-state index in [0.29, 0.717) is 27.9 Å². The van der Waals surface area contributed by atoms with Crippen molar-refractivity contribution in [2.24, 2.45) is 0 Å². The summed E-state index contributed by atoms with van der Waals surface area (Å²) in [5, 5.41) is 23.8. The second kappa shape index (κ2) is 15.2. The Bertz CT molecular complexity index is 1710. The predicted octanol–water partition coefficient (Wildman–Crippen LogP) is 7.18. The zero-order chi connectivity index (χ0) is 34.3. The van der Waals surface area contributed by atoms with Gasteiger partial charge in [0.05, 0.1) is 31.3 Å². The summed E-state index contributed by atoms with van der Waals surface area (Å²) < 4.78 is 60.4. The number of alkyl halides is 3. The van der Waals surface area contributed by atoms with Gasteiger partial charge in [0.15, 0.2) is 0 Å². The number of hydrogen-bond donors (Lipinski definition) is 3. The molecule has 11 heteroatoms. The van der Waals surface area contributed by atoms with Gasteiger partial charge >= 0.3 is 12.1 Å². The number of halogens is 4. The van der Waals surface area contributed by atoms with Crippen LogP contribution in [0.15, 0.2) is 84.9 Å². The SMILES string of the molecule is COC(=O)C[C@H](O)C[C@H](O)C=Cc1c(-c2ccc(F)cc2)c(-c2ccccc2)c(C(=O)NCc2cccc(C(F)(F)F)c2)n1C(C)C. The minimum atomic E-state index is -4.54. The van der Waals surface area contributed by atoms with Crippen LogP contribution in [0.2, 0.25) is 0 Å². The maximum atomic E-state index is 14.1. The highest BCUT2D eigenvalue weighted by molar-refractivity contribution is 6.06. The summed E-state index contributed by atoms with van der Waals surface area (Å²) in [7, 11) is 1.19. The summed E-state index contributed by atoms with van der Waals surface area (Å²) in [5.74, 6) is -1.66. The average Bonchev–Trinajstić information content (AvgIpc) is 3.38. The van der Waals surface area contributed by atoms with Crippen LogP contribution in [0, 0.1) is 5.82 Å². The van der Waals surface area contributed by atoms with Crippen LogP contribution in [0.4, 0.5) is 17.6 Å². The van der Waals surface area contributed by atoms with E-state index in [2.05, 4.69) is 10.1 Å². The Balaban J connectivity index is 1.87. The Morgan fingerprint density at radius 3 is 2.21 bits per heavy atom. The lowest BCUT2D eigenvalue weighted by Crippen LogP contribution is -2.27.